The van der Waals surface area contributed by atoms with Gasteiger partial charge in [0, 0.05) is 17.8 Å². The normalized spacial score (nSPS) is 21.0. The summed E-state index contributed by atoms with van der Waals surface area (Å²) in [7, 11) is -3.31. The fraction of sp³-hybridized carbons (Fsp3) is 0.385. The first kappa shape index (κ1) is 15.3. The lowest BCUT2D eigenvalue weighted by Crippen LogP contribution is -2.52. The summed E-state index contributed by atoms with van der Waals surface area (Å²) >= 11 is 0. The van der Waals surface area contributed by atoms with Gasteiger partial charge in [0.25, 0.3) is 5.91 Å². The molecule has 1 aliphatic heterocycles. The number of carboxylic acids is 1. The van der Waals surface area contributed by atoms with Crippen LogP contribution in [0.1, 0.15) is 16.8 Å². The maximum atomic E-state index is 12.4. The first-order valence-corrected chi connectivity index (χ1v) is 8.19. The molecule has 0 spiro atoms. The number of rotatable bonds is 3. The Balaban J connectivity index is 2.24. The van der Waals surface area contributed by atoms with Gasteiger partial charge in [0.15, 0.2) is 9.84 Å². The van der Waals surface area contributed by atoms with E-state index in [1.165, 1.54) is 4.90 Å². The van der Waals surface area contributed by atoms with E-state index in [9.17, 15) is 18.0 Å². The summed E-state index contributed by atoms with van der Waals surface area (Å²) in [6.45, 7) is 0.00346. The highest BCUT2D eigenvalue weighted by atomic mass is 32.2. The number of carboxylic acid groups (broad SMARTS) is 1. The number of hydrogen-bond acceptors (Lipinski definition) is 5. The number of nitrogen functional groups attached to an aromatic ring is 1. The van der Waals surface area contributed by atoms with Crippen LogP contribution in [-0.2, 0) is 14.6 Å². The number of benzene rings is 1. The third kappa shape index (κ3) is 3.72. The quantitative estimate of drug-likeness (QED) is 0.758. The number of carbonyl (C=O) groups is 2. The number of carbonyl (C=O) groups excluding carboxylic acids is 1. The molecule has 0 aliphatic carbocycles. The molecule has 7 nitrogen and oxygen atoms in total. The fourth-order valence-electron chi connectivity index (χ4n) is 2.32. The van der Waals surface area contributed by atoms with Crippen molar-refractivity contribution in [3.8, 4) is 0 Å². The van der Waals surface area contributed by atoms with Crippen LogP contribution in [0.5, 0.6) is 0 Å². The van der Waals surface area contributed by atoms with Gasteiger partial charge in [0.1, 0.15) is 0 Å². The number of nitrogens with zero attached hydrogens (tertiary/aromatic N) is 1. The van der Waals surface area contributed by atoms with E-state index >= 15 is 0 Å². The molecule has 1 fully saturated rings. The van der Waals surface area contributed by atoms with Crippen molar-refractivity contribution in [3.05, 3.63) is 29.8 Å². The van der Waals surface area contributed by atoms with Crippen LogP contribution >= 0.6 is 0 Å². The Morgan fingerprint density at radius 2 is 1.90 bits per heavy atom. The van der Waals surface area contributed by atoms with Gasteiger partial charge in [-0.25, -0.2) is 8.42 Å². The molecule has 0 radical (unpaired) electrons. The molecular formula is C13H16N2O5S. The first-order valence-electron chi connectivity index (χ1n) is 6.37. The highest BCUT2D eigenvalue weighted by Gasteiger charge is 2.35. The van der Waals surface area contributed by atoms with Crippen molar-refractivity contribution < 1.29 is 23.1 Å². The van der Waals surface area contributed by atoms with Crippen LogP contribution in [0.4, 0.5) is 5.69 Å². The molecule has 0 saturated carbocycles. The molecule has 0 aromatic heterocycles. The molecule has 3 N–H and O–H groups in total. The monoisotopic (exact) mass is 312 g/mol. The van der Waals surface area contributed by atoms with Gasteiger partial charge in [0.2, 0.25) is 0 Å². The zero-order valence-electron chi connectivity index (χ0n) is 11.2. The van der Waals surface area contributed by atoms with Crippen molar-refractivity contribution in [3.63, 3.8) is 0 Å². The minimum absolute atomic E-state index is 0.00346. The molecule has 1 aliphatic rings. The van der Waals surface area contributed by atoms with Crippen LogP contribution in [0.2, 0.25) is 0 Å². The molecule has 21 heavy (non-hydrogen) atoms. The Morgan fingerprint density at radius 1 is 1.29 bits per heavy atom. The van der Waals surface area contributed by atoms with Gasteiger partial charge in [-0.05, 0) is 24.3 Å². The van der Waals surface area contributed by atoms with E-state index in [2.05, 4.69) is 0 Å². The second kappa shape index (κ2) is 5.72. The SMILES string of the molecule is Nc1ccc(C(=O)N2CCS(=O)(=O)CC2CC(=O)O)cc1. The number of anilines is 1. The molecule has 1 aromatic rings. The molecule has 1 saturated heterocycles. The lowest BCUT2D eigenvalue weighted by molar-refractivity contribution is -0.138. The van der Waals surface area contributed by atoms with Crippen molar-refractivity contribution in [2.45, 2.75) is 12.5 Å². The maximum Gasteiger partial charge on any atom is 0.305 e. The number of aliphatic carboxylic acids is 1. The zero-order valence-corrected chi connectivity index (χ0v) is 12.0. The number of sulfone groups is 1. The summed E-state index contributed by atoms with van der Waals surface area (Å²) < 4.78 is 23.3. The third-order valence-electron chi connectivity index (χ3n) is 3.36. The Bertz CT molecular complexity index is 654. The van der Waals surface area contributed by atoms with Crippen LogP contribution < -0.4 is 5.73 Å². The standard InChI is InChI=1S/C13H16N2O5S/c14-10-3-1-9(2-4-10)13(18)15-5-6-21(19,20)8-11(15)7-12(16)17/h1-4,11H,5-8,14H2,(H,16,17). The van der Waals surface area contributed by atoms with Crippen LogP contribution in [0.25, 0.3) is 0 Å². The predicted molar refractivity (Wildman–Crippen MR) is 76.6 cm³/mol. The third-order valence-corrected chi connectivity index (χ3v) is 5.06. The highest BCUT2D eigenvalue weighted by molar-refractivity contribution is 7.91. The average Bonchev–Trinajstić information content (AvgIpc) is 2.37. The largest absolute Gasteiger partial charge is 0.481 e. The highest BCUT2D eigenvalue weighted by Crippen LogP contribution is 2.19. The van der Waals surface area contributed by atoms with Crippen molar-refractivity contribution in [2.24, 2.45) is 0 Å². The Morgan fingerprint density at radius 3 is 2.48 bits per heavy atom. The van der Waals surface area contributed by atoms with Gasteiger partial charge in [-0.3, -0.25) is 9.59 Å². The molecule has 1 amide bonds. The van der Waals surface area contributed by atoms with E-state index < -0.39 is 21.8 Å². The van der Waals surface area contributed by atoms with E-state index in [1.807, 2.05) is 0 Å². The Labute approximate surface area is 122 Å². The van der Waals surface area contributed by atoms with Gasteiger partial charge in [0.05, 0.1) is 24.0 Å². The van der Waals surface area contributed by atoms with E-state index in [1.54, 1.807) is 24.3 Å². The van der Waals surface area contributed by atoms with Gasteiger partial charge in [-0.15, -0.1) is 0 Å². The van der Waals surface area contributed by atoms with E-state index in [-0.39, 0.29) is 30.4 Å². The lowest BCUT2D eigenvalue weighted by atomic mass is 10.1. The van der Waals surface area contributed by atoms with Crippen molar-refractivity contribution in [1.82, 2.24) is 4.90 Å². The molecule has 0 bridgehead atoms. The molecule has 1 heterocycles. The second-order valence-electron chi connectivity index (χ2n) is 4.99. The van der Waals surface area contributed by atoms with Crippen molar-refractivity contribution in [2.75, 3.05) is 23.8 Å². The van der Waals surface area contributed by atoms with E-state index in [0.717, 1.165) is 0 Å². The van der Waals surface area contributed by atoms with Crippen molar-refractivity contribution >= 4 is 27.4 Å². The number of hydrogen-bond donors (Lipinski definition) is 2. The second-order valence-corrected chi connectivity index (χ2v) is 7.22. The first-order chi connectivity index (χ1) is 9.78. The van der Waals surface area contributed by atoms with Crippen LogP contribution in [-0.4, -0.2) is 54.4 Å². The van der Waals surface area contributed by atoms with E-state index in [0.29, 0.717) is 11.3 Å². The van der Waals surface area contributed by atoms with Gasteiger partial charge >= 0.3 is 5.97 Å². The van der Waals surface area contributed by atoms with E-state index in [4.69, 9.17) is 10.8 Å². The molecule has 1 aromatic carbocycles. The van der Waals surface area contributed by atoms with Gasteiger partial charge < -0.3 is 15.7 Å². The van der Waals surface area contributed by atoms with Crippen LogP contribution in [0, 0.1) is 0 Å². The van der Waals surface area contributed by atoms with Gasteiger partial charge in [-0.1, -0.05) is 0 Å². The summed E-state index contributed by atoms with van der Waals surface area (Å²) in [5, 5.41) is 8.89. The van der Waals surface area contributed by atoms with Crippen molar-refractivity contribution in [1.29, 1.82) is 0 Å². The van der Waals surface area contributed by atoms with Gasteiger partial charge in [-0.2, -0.15) is 0 Å². The van der Waals surface area contributed by atoms with Crippen LogP contribution in [0.15, 0.2) is 24.3 Å². The summed E-state index contributed by atoms with van der Waals surface area (Å²) in [6.07, 6.45) is -0.389. The number of nitrogens with two attached hydrogens (primary N) is 1. The van der Waals surface area contributed by atoms with Crippen LogP contribution in [0.3, 0.4) is 0 Å². The fourth-order valence-corrected chi connectivity index (χ4v) is 3.84. The smallest absolute Gasteiger partial charge is 0.305 e. The predicted octanol–water partition coefficient (Wildman–Crippen LogP) is -0.0173. The Hall–Kier alpha value is -2.09. The average molecular weight is 312 g/mol. The minimum atomic E-state index is -3.31. The molecule has 1 unspecified atom stereocenters. The minimum Gasteiger partial charge on any atom is -0.481 e. The summed E-state index contributed by atoms with van der Waals surface area (Å²) in [4.78, 5) is 24.6. The number of amides is 1. The lowest BCUT2D eigenvalue weighted by Gasteiger charge is -2.34. The molecule has 114 valence electrons. The molecule has 1 atom stereocenters. The topological polar surface area (TPSA) is 118 Å². The Kier molecular flexibility index (Phi) is 4.17. The molecule has 8 heteroatoms. The zero-order chi connectivity index (χ0) is 15.6. The molecular weight excluding hydrogens is 296 g/mol. The summed E-state index contributed by atoms with van der Waals surface area (Å²) in [5.74, 6) is -1.98. The molecule has 2 rings (SSSR count). The summed E-state index contributed by atoms with van der Waals surface area (Å²) in [5.41, 5.74) is 6.42. The maximum absolute atomic E-state index is 12.4. The summed E-state index contributed by atoms with van der Waals surface area (Å²) in [6, 6.07) is 5.38.